The van der Waals surface area contributed by atoms with E-state index in [2.05, 4.69) is 10.0 Å². The minimum atomic E-state index is -0.888. The Balaban J connectivity index is 2.49. The van der Waals surface area contributed by atoms with Crippen molar-refractivity contribution in [3.8, 4) is 0 Å². The van der Waals surface area contributed by atoms with Crippen LogP contribution < -0.4 is 0 Å². The summed E-state index contributed by atoms with van der Waals surface area (Å²) >= 11 is 0. The molecular weight excluding hydrogens is 121 g/mol. The first-order valence-electron chi connectivity index (χ1n) is 3.03. The lowest BCUT2D eigenvalue weighted by atomic mass is 10.2. The first-order valence-corrected chi connectivity index (χ1v) is 3.03. The number of hydrogen-bond donors (Lipinski definition) is 0. The highest BCUT2D eigenvalue weighted by atomic mass is 19.1. The normalized spacial score (nSPS) is 33.9. The van der Waals surface area contributed by atoms with Crippen LogP contribution in [0.25, 0.3) is 10.4 Å². The van der Waals surface area contributed by atoms with E-state index in [4.69, 9.17) is 5.53 Å². The third-order valence-electron chi connectivity index (χ3n) is 1.60. The average molecular weight is 129 g/mol. The quantitative estimate of drug-likeness (QED) is 0.296. The summed E-state index contributed by atoms with van der Waals surface area (Å²) in [5, 5.41) is 3.31. The highest BCUT2D eigenvalue weighted by Gasteiger charge is 2.25. The van der Waals surface area contributed by atoms with Crippen LogP contribution in [-0.2, 0) is 0 Å². The maximum Gasteiger partial charge on any atom is 0.109 e. The molecule has 0 N–H and O–H groups in total. The van der Waals surface area contributed by atoms with Crippen molar-refractivity contribution in [1.82, 2.24) is 0 Å². The molecule has 0 bridgehead atoms. The van der Waals surface area contributed by atoms with Crippen molar-refractivity contribution in [1.29, 1.82) is 0 Å². The molecule has 1 rings (SSSR count). The molecule has 1 fully saturated rings. The highest BCUT2D eigenvalue weighted by Crippen LogP contribution is 2.24. The van der Waals surface area contributed by atoms with Gasteiger partial charge in [-0.2, -0.15) is 0 Å². The molecule has 1 aliphatic rings. The number of alkyl halides is 1. The summed E-state index contributed by atoms with van der Waals surface area (Å²) in [5.41, 5.74) is 7.94. The molecule has 50 valence electrons. The van der Waals surface area contributed by atoms with Gasteiger partial charge in [-0.25, -0.2) is 4.39 Å². The SMILES string of the molecule is [N-]=[N+]=NC1CCCC1F. The zero-order chi connectivity index (χ0) is 6.69. The second-order valence-electron chi connectivity index (χ2n) is 2.22. The van der Waals surface area contributed by atoms with Gasteiger partial charge in [0, 0.05) is 4.91 Å². The van der Waals surface area contributed by atoms with Crippen LogP contribution in [0.1, 0.15) is 19.3 Å². The summed E-state index contributed by atoms with van der Waals surface area (Å²) < 4.78 is 12.5. The van der Waals surface area contributed by atoms with Crippen molar-refractivity contribution in [3.63, 3.8) is 0 Å². The summed E-state index contributed by atoms with van der Waals surface area (Å²) in [7, 11) is 0. The predicted octanol–water partition coefficient (Wildman–Crippen LogP) is 2.19. The Bertz CT molecular complexity index is 141. The number of nitrogens with zero attached hydrogens (tertiary/aromatic N) is 3. The van der Waals surface area contributed by atoms with E-state index < -0.39 is 6.17 Å². The third-order valence-corrected chi connectivity index (χ3v) is 1.60. The van der Waals surface area contributed by atoms with Crippen LogP contribution in [-0.4, -0.2) is 12.2 Å². The van der Waals surface area contributed by atoms with Gasteiger partial charge in [0.2, 0.25) is 0 Å². The molecule has 1 saturated carbocycles. The molecule has 0 spiro atoms. The van der Waals surface area contributed by atoms with Crippen molar-refractivity contribution in [2.45, 2.75) is 31.5 Å². The van der Waals surface area contributed by atoms with Gasteiger partial charge in [-0.1, -0.05) is 11.5 Å². The molecule has 0 aromatic rings. The van der Waals surface area contributed by atoms with E-state index in [9.17, 15) is 4.39 Å². The monoisotopic (exact) mass is 129 g/mol. The number of hydrogen-bond acceptors (Lipinski definition) is 1. The van der Waals surface area contributed by atoms with Crippen LogP contribution in [0.4, 0.5) is 4.39 Å². The van der Waals surface area contributed by atoms with E-state index in [1.54, 1.807) is 0 Å². The van der Waals surface area contributed by atoms with E-state index in [0.717, 1.165) is 6.42 Å². The van der Waals surface area contributed by atoms with Crippen LogP contribution >= 0.6 is 0 Å². The van der Waals surface area contributed by atoms with Crippen LogP contribution in [0.3, 0.4) is 0 Å². The smallest absolute Gasteiger partial charge is 0.109 e. The summed E-state index contributed by atoms with van der Waals surface area (Å²) in [4.78, 5) is 2.55. The lowest BCUT2D eigenvalue weighted by Gasteiger charge is -2.01. The van der Waals surface area contributed by atoms with Gasteiger partial charge in [0.25, 0.3) is 0 Å². The Labute approximate surface area is 52.5 Å². The molecule has 2 atom stereocenters. The fourth-order valence-electron chi connectivity index (χ4n) is 1.09. The lowest BCUT2D eigenvalue weighted by molar-refractivity contribution is 0.312. The Morgan fingerprint density at radius 2 is 2.33 bits per heavy atom. The molecule has 0 aromatic heterocycles. The fourth-order valence-corrected chi connectivity index (χ4v) is 1.09. The Morgan fingerprint density at radius 3 is 2.78 bits per heavy atom. The lowest BCUT2D eigenvalue weighted by Crippen LogP contribution is -2.09. The third kappa shape index (κ3) is 1.33. The summed E-state index contributed by atoms with van der Waals surface area (Å²) in [6.07, 6.45) is 1.24. The van der Waals surface area contributed by atoms with Crippen molar-refractivity contribution in [2.24, 2.45) is 5.11 Å². The van der Waals surface area contributed by atoms with E-state index >= 15 is 0 Å². The molecule has 3 nitrogen and oxygen atoms in total. The van der Waals surface area contributed by atoms with E-state index in [1.807, 2.05) is 0 Å². The van der Waals surface area contributed by atoms with E-state index in [1.165, 1.54) is 0 Å². The zero-order valence-corrected chi connectivity index (χ0v) is 5.00. The Morgan fingerprint density at radius 1 is 1.56 bits per heavy atom. The zero-order valence-electron chi connectivity index (χ0n) is 5.00. The van der Waals surface area contributed by atoms with Gasteiger partial charge in [0.15, 0.2) is 0 Å². The molecule has 0 heterocycles. The molecule has 9 heavy (non-hydrogen) atoms. The maximum absolute atomic E-state index is 12.5. The first-order chi connectivity index (χ1) is 4.34. The van der Waals surface area contributed by atoms with E-state index in [-0.39, 0.29) is 6.04 Å². The molecule has 0 aromatic carbocycles. The van der Waals surface area contributed by atoms with Gasteiger partial charge in [-0.15, -0.1) is 0 Å². The first kappa shape index (κ1) is 6.36. The van der Waals surface area contributed by atoms with Crippen LogP contribution in [0, 0.1) is 0 Å². The predicted molar refractivity (Wildman–Crippen MR) is 31.7 cm³/mol. The molecule has 0 aliphatic heterocycles. The second-order valence-corrected chi connectivity index (χ2v) is 2.22. The average Bonchev–Trinajstić information content (AvgIpc) is 2.18. The summed E-state index contributed by atoms with van der Waals surface area (Å²) in [6, 6.07) is -0.380. The fraction of sp³-hybridized carbons (Fsp3) is 1.00. The van der Waals surface area contributed by atoms with Crippen molar-refractivity contribution < 1.29 is 4.39 Å². The second kappa shape index (κ2) is 2.69. The number of halogens is 1. The summed E-state index contributed by atoms with van der Waals surface area (Å²) in [6.45, 7) is 0. The molecule has 2 unspecified atom stereocenters. The van der Waals surface area contributed by atoms with Gasteiger partial charge >= 0.3 is 0 Å². The minimum absolute atomic E-state index is 0.380. The van der Waals surface area contributed by atoms with Gasteiger partial charge in [0.1, 0.15) is 6.17 Å². The van der Waals surface area contributed by atoms with Crippen LogP contribution in [0.15, 0.2) is 5.11 Å². The standard InChI is InChI=1S/C5H8FN3/c6-4-2-1-3-5(4)8-9-7/h4-5H,1-3H2. The van der Waals surface area contributed by atoms with Crippen molar-refractivity contribution >= 4 is 0 Å². The number of azide groups is 1. The van der Waals surface area contributed by atoms with Gasteiger partial charge in [-0.3, -0.25) is 0 Å². The Kier molecular flexibility index (Phi) is 1.90. The molecule has 0 radical (unpaired) electrons. The van der Waals surface area contributed by atoms with Crippen molar-refractivity contribution in [2.75, 3.05) is 0 Å². The van der Waals surface area contributed by atoms with Gasteiger partial charge < -0.3 is 0 Å². The van der Waals surface area contributed by atoms with Crippen LogP contribution in [0.2, 0.25) is 0 Å². The molecule has 0 amide bonds. The largest absolute Gasteiger partial charge is 0.247 e. The van der Waals surface area contributed by atoms with Gasteiger partial charge in [-0.05, 0) is 18.4 Å². The maximum atomic E-state index is 12.5. The topological polar surface area (TPSA) is 48.8 Å². The Hall–Kier alpha value is -0.760. The van der Waals surface area contributed by atoms with Crippen LogP contribution in [0.5, 0.6) is 0 Å². The van der Waals surface area contributed by atoms with E-state index in [0.29, 0.717) is 12.8 Å². The molecule has 1 aliphatic carbocycles. The molecule has 0 saturated heterocycles. The van der Waals surface area contributed by atoms with Crippen molar-refractivity contribution in [3.05, 3.63) is 10.4 Å². The molecular formula is C5H8FN3. The van der Waals surface area contributed by atoms with Gasteiger partial charge in [0.05, 0.1) is 6.04 Å². The molecule has 4 heteroatoms. The summed E-state index contributed by atoms with van der Waals surface area (Å²) in [5.74, 6) is 0. The number of rotatable bonds is 1. The minimum Gasteiger partial charge on any atom is -0.247 e. The highest BCUT2D eigenvalue weighted by molar-refractivity contribution is 4.82.